The first-order valence-corrected chi connectivity index (χ1v) is 6.41. The van der Waals surface area contributed by atoms with Crippen LogP contribution in [0.2, 0.25) is 0 Å². The van der Waals surface area contributed by atoms with Gasteiger partial charge in [0, 0.05) is 19.6 Å². The van der Waals surface area contributed by atoms with Crippen molar-refractivity contribution < 1.29 is 13.5 Å². The highest BCUT2D eigenvalue weighted by molar-refractivity contribution is 5.53. The SMILES string of the molecule is CN(C)CC1CN(c2c(F)cc(C#N)cc2F)CCO1. The van der Waals surface area contributed by atoms with Gasteiger partial charge in [-0.2, -0.15) is 5.26 Å². The summed E-state index contributed by atoms with van der Waals surface area (Å²) < 4.78 is 33.6. The maximum atomic E-state index is 14.0. The second kappa shape index (κ2) is 6.16. The van der Waals surface area contributed by atoms with E-state index in [1.54, 1.807) is 11.0 Å². The second-order valence-corrected chi connectivity index (χ2v) is 5.10. The molecule has 4 nitrogen and oxygen atoms in total. The summed E-state index contributed by atoms with van der Waals surface area (Å²) in [4.78, 5) is 3.61. The van der Waals surface area contributed by atoms with Gasteiger partial charge in [0.05, 0.1) is 24.3 Å². The lowest BCUT2D eigenvalue weighted by atomic mass is 10.1. The lowest BCUT2D eigenvalue weighted by Gasteiger charge is -2.35. The van der Waals surface area contributed by atoms with E-state index in [0.717, 1.165) is 12.1 Å². The van der Waals surface area contributed by atoms with Gasteiger partial charge in [-0.25, -0.2) is 8.78 Å². The fourth-order valence-electron chi connectivity index (χ4n) is 2.37. The Balaban J connectivity index is 2.21. The average Bonchev–Trinajstić information content (AvgIpc) is 2.37. The molecule has 0 radical (unpaired) electrons. The predicted molar refractivity (Wildman–Crippen MR) is 71.6 cm³/mol. The zero-order chi connectivity index (χ0) is 14.7. The predicted octanol–water partition coefficient (Wildman–Crippen LogP) is 1.60. The molecule has 1 aromatic carbocycles. The van der Waals surface area contributed by atoms with Gasteiger partial charge >= 0.3 is 0 Å². The van der Waals surface area contributed by atoms with E-state index >= 15 is 0 Å². The summed E-state index contributed by atoms with van der Waals surface area (Å²) >= 11 is 0. The van der Waals surface area contributed by atoms with E-state index in [4.69, 9.17) is 10.00 Å². The monoisotopic (exact) mass is 281 g/mol. The Morgan fingerprint density at radius 1 is 1.40 bits per heavy atom. The third-order valence-corrected chi connectivity index (χ3v) is 3.17. The van der Waals surface area contributed by atoms with Crippen molar-refractivity contribution in [2.24, 2.45) is 0 Å². The van der Waals surface area contributed by atoms with Crippen molar-refractivity contribution in [3.63, 3.8) is 0 Å². The van der Waals surface area contributed by atoms with Crippen molar-refractivity contribution in [1.82, 2.24) is 4.90 Å². The summed E-state index contributed by atoms with van der Waals surface area (Å²) in [6.45, 7) is 1.98. The van der Waals surface area contributed by atoms with Crippen LogP contribution in [0.25, 0.3) is 0 Å². The first-order valence-electron chi connectivity index (χ1n) is 6.41. The van der Waals surface area contributed by atoms with Crippen LogP contribution in [0.5, 0.6) is 0 Å². The van der Waals surface area contributed by atoms with Gasteiger partial charge in [-0.3, -0.25) is 0 Å². The lowest BCUT2D eigenvalue weighted by molar-refractivity contribution is 0.0244. The Kier molecular flexibility index (Phi) is 4.53. The molecular formula is C14H17F2N3O. The third kappa shape index (κ3) is 3.24. The van der Waals surface area contributed by atoms with Gasteiger partial charge in [-0.05, 0) is 26.2 Å². The van der Waals surface area contributed by atoms with Crippen LogP contribution < -0.4 is 4.90 Å². The van der Waals surface area contributed by atoms with Crippen molar-refractivity contribution >= 4 is 5.69 Å². The zero-order valence-corrected chi connectivity index (χ0v) is 11.6. The van der Waals surface area contributed by atoms with Crippen molar-refractivity contribution in [2.75, 3.05) is 45.2 Å². The van der Waals surface area contributed by atoms with E-state index in [1.165, 1.54) is 0 Å². The van der Waals surface area contributed by atoms with Gasteiger partial charge in [0.2, 0.25) is 0 Å². The fourth-order valence-corrected chi connectivity index (χ4v) is 2.37. The quantitative estimate of drug-likeness (QED) is 0.844. The van der Waals surface area contributed by atoms with Gasteiger partial charge in [0.25, 0.3) is 0 Å². The molecule has 1 fully saturated rings. The minimum Gasteiger partial charge on any atom is -0.373 e. The molecule has 0 spiro atoms. The summed E-state index contributed by atoms with van der Waals surface area (Å²) in [5.74, 6) is -1.40. The number of likely N-dealkylation sites (N-methyl/N-ethyl adjacent to an activating group) is 1. The second-order valence-electron chi connectivity index (χ2n) is 5.10. The first kappa shape index (κ1) is 14.7. The van der Waals surface area contributed by atoms with Crippen LogP contribution in [0.15, 0.2) is 12.1 Å². The van der Waals surface area contributed by atoms with Crippen LogP contribution in [0.3, 0.4) is 0 Å². The molecular weight excluding hydrogens is 264 g/mol. The number of nitrogens with zero attached hydrogens (tertiary/aromatic N) is 3. The normalized spacial score (nSPS) is 19.2. The number of ether oxygens (including phenoxy) is 1. The highest BCUT2D eigenvalue weighted by Gasteiger charge is 2.25. The number of hydrogen-bond acceptors (Lipinski definition) is 4. The molecule has 0 saturated carbocycles. The highest BCUT2D eigenvalue weighted by Crippen LogP contribution is 2.26. The number of anilines is 1. The summed E-state index contributed by atoms with van der Waals surface area (Å²) in [6.07, 6.45) is -0.0896. The number of halogens is 2. The van der Waals surface area contributed by atoms with E-state index in [-0.39, 0.29) is 17.4 Å². The van der Waals surface area contributed by atoms with E-state index in [9.17, 15) is 8.78 Å². The van der Waals surface area contributed by atoms with Crippen LogP contribution in [0.1, 0.15) is 5.56 Å². The Hall–Kier alpha value is -1.71. The molecule has 0 N–H and O–H groups in total. The van der Waals surface area contributed by atoms with Gasteiger partial charge in [0.1, 0.15) is 5.69 Å². The summed E-state index contributed by atoms with van der Waals surface area (Å²) in [5, 5.41) is 8.71. The summed E-state index contributed by atoms with van der Waals surface area (Å²) in [5.41, 5.74) is -0.0853. The van der Waals surface area contributed by atoms with E-state index in [1.807, 2.05) is 19.0 Å². The molecule has 0 aromatic heterocycles. The van der Waals surface area contributed by atoms with Crippen molar-refractivity contribution in [1.29, 1.82) is 5.26 Å². The topological polar surface area (TPSA) is 39.5 Å². The maximum absolute atomic E-state index is 14.0. The molecule has 1 heterocycles. The van der Waals surface area contributed by atoms with Crippen molar-refractivity contribution in [2.45, 2.75) is 6.10 Å². The highest BCUT2D eigenvalue weighted by atomic mass is 19.1. The molecule has 20 heavy (non-hydrogen) atoms. The average molecular weight is 281 g/mol. The molecule has 2 rings (SSSR count). The third-order valence-electron chi connectivity index (χ3n) is 3.17. The van der Waals surface area contributed by atoms with Crippen molar-refractivity contribution in [3.05, 3.63) is 29.3 Å². The smallest absolute Gasteiger partial charge is 0.150 e. The Labute approximate surface area is 117 Å². The van der Waals surface area contributed by atoms with E-state index < -0.39 is 11.6 Å². The first-order chi connectivity index (χ1) is 9.51. The lowest BCUT2D eigenvalue weighted by Crippen LogP contribution is -2.47. The van der Waals surface area contributed by atoms with Crippen LogP contribution in [-0.4, -0.2) is 51.3 Å². The van der Waals surface area contributed by atoms with Gasteiger partial charge in [-0.1, -0.05) is 0 Å². The van der Waals surface area contributed by atoms with E-state index in [0.29, 0.717) is 26.2 Å². The number of hydrogen-bond donors (Lipinski definition) is 0. The number of benzene rings is 1. The zero-order valence-electron chi connectivity index (χ0n) is 11.6. The molecule has 0 bridgehead atoms. The van der Waals surface area contributed by atoms with Gasteiger partial charge in [0.15, 0.2) is 11.6 Å². The maximum Gasteiger partial charge on any atom is 0.150 e. The number of nitriles is 1. The van der Waals surface area contributed by atoms with Crippen LogP contribution in [-0.2, 0) is 4.74 Å². The Bertz CT molecular complexity index is 505. The molecule has 1 aliphatic heterocycles. The largest absolute Gasteiger partial charge is 0.373 e. The standard InChI is InChI=1S/C14H17F2N3O/c1-18(2)8-11-9-19(3-4-20-11)14-12(15)5-10(7-17)6-13(14)16/h5-6,11H,3-4,8-9H2,1-2H3. The Morgan fingerprint density at radius 3 is 2.60 bits per heavy atom. The number of rotatable bonds is 3. The summed E-state index contributed by atoms with van der Waals surface area (Å²) in [6, 6.07) is 3.87. The fraction of sp³-hybridized carbons (Fsp3) is 0.500. The molecule has 0 amide bonds. The minimum atomic E-state index is -0.702. The summed E-state index contributed by atoms with van der Waals surface area (Å²) in [7, 11) is 3.84. The molecule has 108 valence electrons. The van der Waals surface area contributed by atoms with E-state index in [2.05, 4.69) is 0 Å². The van der Waals surface area contributed by atoms with Crippen molar-refractivity contribution in [3.8, 4) is 6.07 Å². The molecule has 1 saturated heterocycles. The van der Waals surface area contributed by atoms with Gasteiger partial charge < -0.3 is 14.5 Å². The van der Waals surface area contributed by atoms with Crippen LogP contribution >= 0.6 is 0 Å². The molecule has 0 aliphatic carbocycles. The molecule has 1 aromatic rings. The molecule has 1 aliphatic rings. The Morgan fingerprint density at radius 2 is 2.05 bits per heavy atom. The molecule has 1 unspecified atom stereocenters. The number of morpholine rings is 1. The van der Waals surface area contributed by atoms with Crippen LogP contribution in [0, 0.1) is 23.0 Å². The van der Waals surface area contributed by atoms with Crippen LogP contribution in [0.4, 0.5) is 14.5 Å². The molecule has 1 atom stereocenters. The molecule has 6 heteroatoms. The minimum absolute atomic E-state index is 0.0122. The van der Waals surface area contributed by atoms with Gasteiger partial charge in [-0.15, -0.1) is 0 Å².